The van der Waals surface area contributed by atoms with Crippen molar-refractivity contribution in [2.75, 3.05) is 17.8 Å². The molecule has 0 bridgehead atoms. The van der Waals surface area contributed by atoms with Crippen LogP contribution in [0.15, 0.2) is 46.9 Å². The first-order valence-electron chi connectivity index (χ1n) is 5.42. The molecular weight excluding hydrogens is 216 g/mol. The Kier molecular flexibility index (Phi) is 3.67. The van der Waals surface area contributed by atoms with Gasteiger partial charge in [0.25, 0.3) is 0 Å². The first-order valence-corrected chi connectivity index (χ1v) is 6.65. The zero-order chi connectivity index (χ0) is 11.4. The normalized spacial score (nSPS) is 15.1. The van der Waals surface area contributed by atoms with Crippen molar-refractivity contribution in [2.24, 2.45) is 5.10 Å². The van der Waals surface area contributed by atoms with Crippen LogP contribution in [0.4, 0.5) is 5.69 Å². The number of rotatable bonds is 4. The summed E-state index contributed by atoms with van der Waals surface area (Å²) >= 11 is 1.76. The lowest BCUT2D eigenvalue weighted by Crippen LogP contribution is -2.11. The summed E-state index contributed by atoms with van der Waals surface area (Å²) in [6, 6.07) is 8.51. The molecule has 0 atom stereocenters. The molecule has 0 amide bonds. The largest absolute Gasteiger partial charge is 0.265 e. The number of thioether (sulfide) groups is 1. The van der Waals surface area contributed by atoms with Crippen LogP contribution in [0.25, 0.3) is 0 Å². The summed E-state index contributed by atoms with van der Waals surface area (Å²) in [5.41, 5.74) is 2.41. The van der Waals surface area contributed by atoms with E-state index in [1.165, 1.54) is 16.3 Å². The van der Waals surface area contributed by atoms with Crippen LogP contribution >= 0.6 is 11.8 Å². The fourth-order valence-electron chi connectivity index (χ4n) is 1.77. The molecule has 0 fully saturated rings. The average molecular weight is 232 g/mol. The quantitative estimate of drug-likeness (QED) is 0.583. The lowest BCUT2D eigenvalue weighted by atomic mass is 10.2. The minimum Gasteiger partial charge on any atom is -0.265 e. The summed E-state index contributed by atoms with van der Waals surface area (Å²) in [6.07, 6.45) is 5.96. The van der Waals surface area contributed by atoms with Gasteiger partial charge in [-0.05, 0) is 24.5 Å². The summed E-state index contributed by atoms with van der Waals surface area (Å²) in [7, 11) is 0. The third kappa shape index (κ3) is 2.47. The SMILES string of the molecule is C=CCC1=NN(c2cccc(SC)c2)CC1. The van der Waals surface area contributed by atoms with E-state index in [0.717, 1.165) is 19.4 Å². The van der Waals surface area contributed by atoms with Gasteiger partial charge in [-0.1, -0.05) is 12.1 Å². The predicted molar refractivity (Wildman–Crippen MR) is 72.4 cm³/mol. The van der Waals surface area contributed by atoms with Crippen LogP contribution in [0.5, 0.6) is 0 Å². The van der Waals surface area contributed by atoms with Crippen LogP contribution in [0.3, 0.4) is 0 Å². The number of hydrogen-bond donors (Lipinski definition) is 0. The van der Waals surface area contributed by atoms with Gasteiger partial charge in [-0.15, -0.1) is 18.3 Å². The number of hydrazone groups is 1. The third-order valence-corrected chi connectivity index (χ3v) is 3.33. The second-order valence-corrected chi connectivity index (χ2v) is 4.61. The number of hydrogen-bond acceptors (Lipinski definition) is 3. The highest BCUT2D eigenvalue weighted by Crippen LogP contribution is 2.25. The highest BCUT2D eigenvalue weighted by molar-refractivity contribution is 7.98. The van der Waals surface area contributed by atoms with Gasteiger partial charge in [-0.25, -0.2) is 0 Å². The third-order valence-electron chi connectivity index (χ3n) is 2.61. The van der Waals surface area contributed by atoms with E-state index >= 15 is 0 Å². The molecule has 0 aliphatic carbocycles. The van der Waals surface area contributed by atoms with Crippen molar-refractivity contribution in [1.82, 2.24) is 0 Å². The average Bonchev–Trinajstić information content (AvgIpc) is 2.78. The minimum absolute atomic E-state index is 0.902. The highest BCUT2D eigenvalue weighted by atomic mass is 32.2. The molecule has 0 radical (unpaired) electrons. The van der Waals surface area contributed by atoms with Crippen molar-refractivity contribution in [2.45, 2.75) is 17.7 Å². The van der Waals surface area contributed by atoms with Gasteiger partial charge in [0.1, 0.15) is 0 Å². The van der Waals surface area contributed by atoms with Gasteiger partial charge < -0.3 is 0 Å². The molecule has 0 unspecified atom stereocenters. The van der Waals surface area contributed by atoms with Gasteiger partial charge in [0, 0.05) is 30.0 Å². The van der Waals surface area contributed by atoms with Crippen molar-refractivity contribution < 1.29 is 0 Å². The maximum absolute atomic E-state index is 4.59. The van der Waals surface area contributed by atoms with Crippen LogP contribution in [0.1, 0.15) is 12.8 Å². The number of nitrogens with zero attached hydrogens (tertiary/aromatic N) is 2. The van der Waals surface area contributed by atoms with E-state index in [-0.39, 0.29) is 0 Å². The van der Waals surface area contributed by atoms with Gasteiger partial charge in [0.15, 0.2) is 0 Å². The second kappa shape index (κ2) is 5.21. The Balaban J connectivity index is 2.16. The highest BCUT2D eigenvalue weighted by Gasteiger charge is 2.14. The molecule has 0 aromatic heterocycles. The zero-order valence-corrected chi connectivity index (χ0v) is 10.3. The lowest BCUT2D eigenvalue weighted by molar-refractivity contribution is 0.919. The van der Waals surface area contributed by atoms with Crippen LogP contribution in [0.2, 0.25) is 0 Å². The summed E-state index contributed by atoms with van der Waals surface area (Å²) in [5.74, 6) is 0. The van der Waals surface area contributed by atoms with Crippen molar-refractivity contribution in [3.05, 3.63) is 36.9 Å². The summed E-state index contributed by atoms with van der Waals surface area (Å²) in [6.45, 7) is 4.73. The fraction of sp³-hybridized carbons (Fsp3) is 0.308. The molecule has 3 heteroatoms. The van der Waals surface area contributed by atoms with Crippen LogP contribution in [-0.4, -0.2) is 18.5 Å². The van der Waals surface area contributed by atoms with Crippen molar-refractivity contribution in [1.29, 1.82) is 0 Å². The standard InChI is InChI=1S/C13H16N2S/c1-3-5-11-8-9-15(14-11)12-6-4-7-13(10-12)16-2/h3-4,6-7,10H,1,5,8-9H2,2H3. The van der Waals surface area contributed by atoms with E-state index in [1.807, 2.05) is 6.08 Å². The fourth-order valence-corrected chi connectivity index (χ4v) is 2.23. The molecule has 2 rings (SSSR count). The van der Waals surface area contributed by atoms with Crippen molar-refractivity contribution >= 4 is 23.2 Å². The molecule has 1 aromatic rings. The van der Waals surface area contributed by atoms with Crippen LogP contribution in [0, 0.1) is 0 Å². The first-order chi connectivity index (χ1) is 7.83. The Bertz CT molecular complexity index is 412. The van der Waals surface area contributed by atoms with E-state index in [9.17, 15) is 0 Å². The van der Waals surface area contributed by atoms with Gasteiger partial charge in [-0.2, -0.15) is 5.10 Å². The Morgan fingerprint density at radius 2 is 2.44 bits per heavy atom. The molecule has 1 aliphatic heterocycles. The molecular formula is C13H16N2S. The molecule has 0 saturated carbocycles. The zero-order valence-electron chi connectivity index (χ0n) is 9.52. The molecule has 2 nitrogen and oxygen atoms in total. The van der Waals surface area contributed by atoms with Gasteiger partial charge in [0.05, 0.1) is 5.69 Å². The van der Waals surface area contributed by atoms with Gasteiger partial charge in [0.2, 0.25) is 0 Å². The van der Waals surface area contributed by atoms with E-state index in [2.05, 4.69) is 47.2 Å². The first kappa shape index (κ1) is 11.3. The molecule has 0 N–H and O–H groups in total. The topological polar surface area (TPSA) is 15.6 Å². The number of anilines is 1. The smallest absolute Gasteiger partial charge is 0.0605 e. The summed E-state index contributed by atoms with van der Waals surface area (Å²) < 4.78 is 0. The summed E-state index contributed by atoms with van der Waals surface area (Å²) in [4.78, 5) is 1.28. The van der Waals surface area contributed by atoms with E-state index in [0.29, 0.717) is 0 Å². The Morgan fingerprint density at radius 3 is 3.19 bits per heavy atom. The van der Waals surface area contributed by atoms with Gasteiger partial charge >= 0.3 is 0 Å². The van der Waals surface area contributed by atoms with E-state index < -0.39 is 0 Å². The van der Waals surface area contributed by atoms with E-state index in [1.54, 1.807) is 11.8 Å². The van der Waals surface area contributed by atoms with Crippen molar-refractivity contribution in [3.63, 3.8) is 0 Å². The maximum atomic E-state index is 4.59. The molecule has 1 aromatic carbocycles. The van der Waals surface area contributed by atoms with E-state index in [4.69, 9.17) is 0 Å². The van der Waals surface area contributed by atoms with Gasteiger partial charge in [-0.3, -0.25) is 5.01 Å². The maximum Gasteiger partial charge on any atom is 0.0605 e. The van der Waals surface area contributed by atoms with Crippen LogP contribution in [-0.2, 0) is 0 Å². The minimum atomic E-state index is 0.902. The number of allylic oxidation sites excluding steroid dienone is 1. The second-order valence-electron chi connectivity index (χ2n) is 3.73. The Morgan fingerprint density at radius 1 is 1.56 bits per heavy atom. The van der Waals surface area contributed by atoms with Crippen molar-refractivity contribution in [3.8, 4) is 0 Å². The monoisotopic (exact) mass is 232 g/mol. The summed E-state index contributed by atoms with van der Waals surface area (Å²) in [5, 5.41) is 6.67. The molecule has 16 heavy (non-hydrogen) atoms. The molecule has 0 spiro atoms. The molecule has 0 saturated heterocycles. The molecule has 84 valence electrons. The Hall–Kier alpha value is -1.22. The molecule has 1 aliphatic rings. The predicted octanol–water partition coefficient (Wildman–Crippen LogP) is 3.55. The van der Waals surface area contributed by atoms with Crippen LogP contribution < -0.4 is 5.01 Å². The Labute approximate surface area is 101 Å². The molecule has 1 heterocycles. The lowest BCUT2D eigenvalue weighted by Gasteiger charge is -2.14. The number of benzene rings is 1.